The van der Waals surface area contributed by atoms with Gasteiger partial charge < -0.3 is 15.3 Å². The van der Waals surface area contributed by atoms with Gasteiger partial charge in [0.15, 0.2) is 11.9 Å². The average molecular weight is 238 g/mol. The number of hydrogen-bond acceptors (Lipinski definition) is 4. The van der Waals surface area contributed by atoms with Crippen LogP contribution in [0, 0.1) is 0 Å². The summed E-state index contributed by atoms with van der Waals surface area (Å²) >= 11 is 0. The van der Waals surface area contributed by atoms with Gasteiger partial charge in [-0.2, -0.15) is 0 Å². The monoisotopic (exact) mass is 238 g/mol. The average Bonchev–Trinajstić information content (AvgIpc) is 2.36. The molecule has 0 aliphatic carbocycles. The zero-order chi connectivity index (χ0) is 13.0. The summed E-state index contributed by atoms with van der Waals surface area (Å²) in [5, 5.41) is 27.4. The fourth-order valence-corrected chi connectivity index (χ4v) is 1.42. The number of Topliss-reactive ketones (excluding diaryl/α,β-unsaturated/α-hetero) is 1. The lowest BCUT2D eigenvalue weighted by Gasteiger charge is -2.14. The van der Waals surface area contributed by atoms with Crippen LogP contribution in [0.3, 0.4) is 0 Å². The molecule has 0 saturated heterocycles. The molecule has 2 unspecified atom stereocenters. The predicted molar refractivity (Wildman–Crippen MR) is 59.7 cm³/mol. The minimum Gasteiger partial charge on any atom is -0.479 e. The molecule has 1 aromatic carbocycles. The number of benzene rings is 1. The van der Waals surface area contributed by atoms with Crippen molar-refractivity contribution in [2.75, 3.05) is 0 Å². The number of carboxylic acid groups (broad SMARTS) is 1. The summed E-state index contributed by atoms with van der Waals surface area (Å²) in [5.74, 6) is -1.62. The van der Waals surface area contributed by atoms with Gasteiger partial charge in [-0.25, -0.2) is 4.79 Å². The Labute approximate surface area is 98.3 Å². The van der Waals surface area contributed by atoms with Crippen molar-refractivity contribution in [3.05, 3.63) is 35.4 Å². The van der Waals surface area contributed by atoms with E-state index in [1.807, 2.05) is 0 Å². The normalized spacial score (nSPS) is 14.1. The molecule has 92 valence electrons. The quantitative estimate of drug-likeness (QED) is 0.658. The zero-order valence-corrected chi connectivity index (χ0v) is 9.33. The molecule has 0 spiro atoms. The van der Waals surface area contributed by atoms with Crippen LogP contribution in [0.2, 0.25) is 0 Å². The van der Waals surface area contributed by atoms with E-state index in [2.05, 4.69) is 0 Å². The van der Waals surface area contributed by atoms with Gasteiger partial charge in [-0.3, -0.25) is 4.79 Å². The minimum atomic E-state index is -1.90. The van der Waals surface area contributed by atoms with Gasteiger partial charge in [0.05, 0.1) is 0 Å². The van der Waals surface area contributed by atoms with Crippen LogP contribution in [0.15, 0.2) is 24.3 Å². The highest BCUT2D eigenvalue weighted by Crippen LogP contribution is 2.19. The summed E-state index contributed by atoms with van der Waals surface area (Å²) in [6.45, 7) is 1.71. The van der Waals surface area contributed by atoms with E-state index >= 15 is 0 Å². The summed E-state index contributed by atoms with van der Waals surface area (Å²) in [6, 6.07) is 5.97. The summed E-state index contributed by atoms with van der Waals surface area (Å²) in [4.78, 5) is 21.9. The molecule has 3 N–H and O–H groups in total. The number of carboxylic acids is 1. The van der Waals surface area contributed by atoms with Gasteiger partial charge in [0.1, 0.15) is 6.10 Å². The maximum Gasteiger partial charge on any atom is 0.335 e. The van der Waals surface area contributed by atoms with E-state index in [0.717, 1.165) is 0 Å². The zero-order valence-electron chi connectivity index (χ0n) is 9.33. The second kappa shape index (κ2) is 5.56. The molecule has 0 heterocycles. The van der Waals surface area contributed by atoms with E-state index in [1.165, 1.54) is 18.2 Å². The molecule has 0 bridgehead atoms. The molecule has 0 fully saturated rings. The summed E-state index contributed by atoms with van der Waals surface area (Å²) < 4.78 is 0. The van der Waals surface area contributed by atoms with Crippen molar-refractivity contribution in [1.82, 2.24) is 0 Å². The maximum atomic E-state index is 11.4. The third kappa shape index (κ3) is 3.12. The second-order valence-corrected chi connectivity index (χ2v) is 3.63. The molecular formula is C12H14O5. The predicted octanol–water partition coefficient (Wildman–Crippen LogP) is 0.758. The molecule has 0 saturated carbocycles. The molecule has 1 aromatic rings. The smallest absolute Gasteiger partial charge is 0.335 e. The first-order valence-electron chi connectivity index (χ1n) is 5.19. The third-order valence-electron chi connectivity index (χ3n) is 2.42. The van der Waals surface area contributed by atoms with E-state index in [4.69, 9.17) is 5.11 Å². The number of rotatable bonds is 5. The molecule has 0 aromatic heterocycles. The molecule has 1 rings (SSSR count). The Balaban J connectivity index is 2.99. The Morgan fingerprint density at radius 2 is 1.94 bits per heavy atom. The highest BCUT2D eigenvalue weighted by molar-refractivity contribution is 5.96. The Morgan fingerprint density at radius 1 is 1.29 bits per heavy atom. The number of aliphatic hydroxyl groups excluding tert-OH is 2. The van der Waals surface area contributed by atoms with Crippen LogP contribution >= 0.6 is 0 Å². The van der Waals surface area contributed by atoms with Gasteiger partial charge in [0.25, 0.3) is 0 Å². The molecule has 5 nitrogen and oxygen atoms in total. The van der Waals surface area contributed by atoms with E-state index in [9.17, 15) is 19.8 Å². The summed E-state index contributed by atoms with van der Waals surface area (Å²) in [7, 11) is 0. The lowest BCUT2D eigenvalue weighted by Crippen LogP contribution is -2.27. The fraction of sp³-hybridized carbons (Fsp3) is 0.333. The van der Waals surface area contributed by atoms with Crippen molar-refractivity contribution in [2.45, 2.75) is 25.6 Å². The molecule has 0 aliphatic heterocycles. The van der Waals surface area contributed by atoms with Crippen LogP contribution < -0.4 is 0 Å². The Bertz CT molecular complexity index is 427. The summed E-state index contributed by atoms with van der Waals surface area (Å²) in [5.41, 5.74) is 0.598. The number of carbonyl (C=O) groups excluding carboxylic acids is 1. The standard InChI is InChI=1S/C12H14O5/c1-2-9(13)7-4-3-5-8(6-7)10(14)11(15)12(16)17/h3-6,10-11,14-15H,2H2,1H3,(H,16,17). The lowest BCUT2D eigenvalue weighted by atomic mass is 10.00. The van der Waals surface area contributed by atoms with Gasteiger partial charge >= 0.3 is 5.97 Å². The highest BCUT2D eigenvalue weighted by atomic mass is 16.4. The largest absolute Gasteiger partial charge is 0.479 e. The van der Waals surface area contributed by atoms with Crippen LogP contribution in [-0.4, -0.2) is 33.2 Å². The van der Waals surface area contributed by atoms with Gasteiger partial charge in [-0.15, -0.1) is 0 Å². The molecule has 0 aliphatic rings. The van der Waals surface area contributed by atoms with E-state index in [-0.39, 0.29) is 11.3 Å². The molecule has 0 amide bonds. The Hall–Kier alpha value is -1.72. The van der Waals surface area contributed by atoms with Gasteiger partial charge in [0, 0.05) is 12.0 Å². The van der Waals surface area contributed by atoms with Crippen molar-refractivity contribution in [3.8, 4) is 0 Å². The topological polar surface area (TPSA) is 94.8 Å². The van der Waals surface area contributed by atoms with Gasteiger partial charge in [-0.1, -0.05) is 25.1 Å². The van der Waals surface area contributed by atoms with Crippen LogP contribution in [0.1, 0.15) is 35.4 Å². The first-order chi connectivity index (χ1) is 7.97. The Morgan fingerprint density at radius 3 is 2.47 bits per heavy atom. The molecule has 2 atom stereocenters. The third-order valence-corrected chi connectivity index (χ3v) is 2.42. The van der Waals surface area contributed by atoms with Crippen molar-refractivity contribution in [2.24, 2.45) is 0 Å². The van der Waals surface area contributed by atoms with Crippen molar-refractivity contribution in [1.29, 1.82) is 0 Å². The molecular weight excluding hydrogens is 224 g/mol. The highest BCUT2D eigenvalue weighted by Gasteiger charge is 2.25. The second-order valence-electron chi connectivity index (χ2n) is 3.63. The number of aliphatic hydroxyl groups is 2. The fourth-order valence-electron chi connectivity index (χ4n) is 1.42. The molecule has 0 radical (unpaired) electrons. The molecule has 17 heavy (non-hydrogen) atoms. The summed E-state index contributed by atoms with van der Waals surface area (Å²) in [6.07, 6.45) is -3.12. The number of carbonyl (C=O) groups is 2. The van der Waals surface area contributed by atoms with Crippen molar-refractivity contribution < 1.29 is 24.9 Å². The SMILES string of the molecule is CCC(=O)c1cccc(C(O)C(O)C(=O)O)c1. The van der Waals surface area contributed by atoms with Gasteiger partial charge in [0.2, 0.25) is 0 Å². The van der Waals surface area contributed by atoms with E-state index in [1.54, 1.807) is 13.0 Å². The number of ketones is 1. The van der Waals surface area contributed by atoms with Crippen LogP contribution in [0.25, 0.3) is 0 Å². The number of aliphatic carboxylic acids is 1. The minimum absolute atomic E-state index is 0.108. The maximum absolute atomic E-state index is 11.4. The van der Waals surface area contributed by atoms with Gasteiger partial charge in [-0.05, 0) is 11.6 Å². The van der Waals surface area contributed by atoms with Crippen LogP contribution in [-0.2, 0) is 4.79 Å². The Kier molecular flexibility index (Phi) is 4.37. The molecule has 5 heteroatoms. The van der Waals surface area contributed by atoms with Crippen molar-refractivity contribution >= 4 is 11.8 Å². The lowest BCUT2D eigenvalue weighted by molar-refractivity contribution is -0.153. The van der Waals surface area contributed by atoms with Crippen LogP contribution in [0.5, 0.6) is 0 Å². The van der Waals surface area contributed by atoms with Crippen molar-refractivity contribution in [3.63, 3.8) is 0 Å². The van der Waals surface area contributed by atoms with E-state index in [0.29, 0.717) is 12.0 Å². The first-order valence-corrected chi connectivity index (χ1v) is 5.19. The van der Waals surface area contributed by atoms with Crippen LogP contribution in [0.4, 0.5) is 0 Å². The number of hydrogen-bond donors (Lipinski definition) is 3. The van der Waals surface area contributed by atoms with E-state index < -0.39 is 18.2 Å². The first kappa shape index (κ1) is 13.3.